The van der Waals surface area contributed by atoms with Crippen LogP contribution in [-0.2, 0) is 6.54 Å². The van der Waals surface area contributed by atoms with E-state index in [1.165, 1.54) is 37.9 Å². The van der Waals surface area contributed by atoms with Crippen molar-refractivity contribution in [2.75, 3.05) is 6.54 Å². The number of aromatic nitrogens is 1. The highest BCUT2D eigenvalue weighted by molar-refractivity contribution is 5.07. The summed E-state index contributed by atoms with van der Waals surface area (Å²) >= 11 is 0. The summed E-state index contributed by atoms with van der Waals surface area (Å²) in [5, 5.41) is 3.58. The van der Waals surface area contributed by atoms with Gasteiger partial charge in [-0.05, 0) is 49.1 Å². The molecule has 2 saturated carbocycles. The van der Waals surface area contributed by atoms with E-state index < -0.39 is 0 Å². The Hall–Kier alpha value is -0.760. The van der Waals surface area contributed by atoms with Gasteiger partial charge in [-0.1, -0.05) is 0 Å². The third-order valence-electron chi connectivity index (χ3n) is 3.79. The van der Waals surface area contributed by atoms with E-state index in [0.717, 1.165) is 17.9 Å². The molecule has 0 bridgehead atoms. The smallest absolute Gasteiger partial charge is 0.0357 e. The lowest BCUT2D eigenvalue weighted by Gasteiger charge is -2.14. The fourth-order valence-electron chi connectivity index (χ4n) is 2.51. The summed E-state index contributed by atoms with van der Waals surface area (Å²) in [5.41, 5.74) is 2.03. The Balaban J connectivity index is 1.46. The van der Waals surface area contributed by atoms with Crippen LogP contribution in [0.25, 0.3) is 0 Å². The van der Waals surface area contributed by atoms with Gasteiger partial charge >= 0.3 is 0 Å². The van der Waals surface area contributed by atoms with Crippen molar-refractivity contribution in [3.05, 3.63) is 24.0 Å². The van der Waals surface area contributed by atoms with Gasteiger partial charge < -0.3 is 10.3 Å². The van der Waals surface area contributed by atoms with Gasteiger partial charge in [-0.15, -0.1) is 0 Å². The molecule has 2 heteroatoms. The minimum Gasteiger partial charge on any atom is -0.364 e. The lowest BCUT2D eigenvalue weighted by molar-refractivity contribution is 0.402. The minimum atomic E-state index is 0.729. The number of hydrogen-bond acceptors (Lipinski definition) is 1. The normalized spacial score (nSPS) is 23.7. The summed E-state index contributed by atoms with van der Waals surface area (Å²) in [6.07, 6.45) is 7.91. The average Bonchev–Trinajstić information content (AvgIpc) is 3.07. The molecule has 1 heterocycles. The maximum atomic E-state index is 3.58. The largest absolute Gasteiger partial charge is 0.364 e. The molecule has 0 radical (unpaired) electrons. The van der Waals surface area contributed by atoms with Gasteiger partial charge in [-0.2, -0.15) is 0 Å². The fourth-order valence-corrected chi connectivity index (χ4v) is 2.51. The zero-order valence-corrected chi connectivity index (χ0v) is 8.55. The van der Waals surface area contributed by atoms with Gasteiger partial charge in [0.2, 0.25) is 0 Å². The molecular weight excluding hydrogens is 172 g/mol. The SMILES string of the molecule is c1c[nH]c(CNCC2(C3CC3)CC2)c1. The second-order valence-electron chi connectivity index (χ2n) is 4.94. The molecule has 0 saturated heterocycles. The molecule has 0 atom stereocenters. The molecular formula is C12H18N2. The van der Waals surface area contributed by atoms with E-state index in [-0.39, 0.29) is 0 Å². The summed E-state index contributed by atoms with van der Waals surface area (Å²) in [5.74, 6) is 1.07. The summed E-state index contributed by atoms with van der Waals surface area (Å²) in [6, 6.07) is 4.20. The summed E-state index contributed by atoms with van der Waals surface area (Å²) < 4.78 is 0. The number of hydrogen-bond donors (Lipinski definition) is 2. The molecule has 2 nitrogen and oxygen atoms in total. The van der Waals surface area contributed by atoms with Crippen LogP contribution in [0.15, 0.2) is 18.3 Å². The molecule has 0 aliphatic heterocycles. The first-order valence-corrected chi connectivity index (χ1v) is 5.72. The Morgan fingerprint density at radius 3 is 2.86 bits per heavy atom. The average molecular weight is 190 g/mol. The molecule has 0 amide bonds. The predicted molar refractivity (Wildman–Crippen MR) is 56.9 cm³/mol. The second-order valence-corrected chi connectivity index (χ2v) is 4.94. The van der Waals surface area contributed by atoms with Crippen LogP contribution in [0, 0.1) is 11.3 Å². The lowest BCUT2D eigenvalue weighted by Crippen LogP contribution is -2.25. The third-order valence-corrected chi connectivity index (χ3v) is 3.79. The van der Waals surface area contributed by atoms with Crippen molar-refractivity contribution in [3.63, 3.8) is 0 Å². The van der Waals surface area contributed by atoms with E-state index in [0.29, 0.717) is 0 Å². The van der Waals surface area contributed by atoms with Crippen LogP contribution in [0.3, 0.4) is 0 Å². The summed E-state index contributed by atoms with van der Waals surface area (Å²) in [4.78, 5) is 3.23. The summed E-state index contributed by atoms with van der Waals surface area (Å²) in [6.45, 7) is 2.23. The topological polar surface area (TPSA) is 27.8 Å². The monoisotopic (exact) mass is 190 g/mol. The van der Waals surface area contributed by atoms with Crippen molar-refractivity contribution in [1.29, 1.82) is 0 Å². The number of nitrogens with one attached hydrogen (secondary N) is 2. The second kappa shape index (κ2) is 3.13. The van der Waals surface area contributed by atoms with Crippen molar-refractivity contribution >= 4 is 0 Å². The molecule has 1 aromatic heterocycles. The van der Waals surface area contributed by atoms with Gasteiger partial charge in [0, 0.05) is 25.0 Å². The van der Waals surface area contributed by atoms with Crippen molar-refractivity contribution in [2.45, 2.75) is 32.2 Å². The number of rotatable bonds is 5. The maximum Gasteiger partial charge on any atom is 0.0357 e. The van der Waals surface area contributed by atoms with Gasteiger partial charge in [0.25, 0.3) is 0 Å². The van der Waals surface area contributed by atoms with Crippen LogP contribution in [0.5, 0.6) is 0 Å². The van der Waals surface area contributed by atoms with Crippen LogP contribution < -0.4 is 5.32 Å². The molecule has 1 aromatic rings. The zero-order chi connectivity index (χ0) is 9.43. The molecule has 76 valence electrons. The lowest BCUT2D eigenvalue weighted by atomic mass is 10.0. The number of aromatic amines is 1. The first kappa shape index (κ1) is 8.54. The highest BCUT2D eigenvalue weighted by Gasteiger charge is 2.53. The maximum absolute atomic E-state index is 3.58. The van der Waals surface area contributed by atoms with Crippen molar-refractivity contribution in [1.82, 2.24) is 10.3 Å². The first-order valence-electron chi connectivity index (χ1n) is 5.72. The fraction of sp³-hybridized carbons (Fsp3) is 0.667. The summed E-state index contributed by atoms with van der Waals surface area (Å²) in [7, 11) is 0. The predicted octanol–water partition coefficient (Wildman–Crippen LogP) is 2.29. The van der Waals surface area contributed by atoms with Crippen LogP contribution in [-0.4, -0.2) is 11.5 Å². The number of H-pyrrole nitrogens is 1. The standard InChI is InChI=1S/C12H18N2/c1-2-11(14-7-1)8-13-9-12(5-6-12)10-3-4-10/h1-2,7,10,13-14H,3-6,8-9H2. The van der Waals surface area contributed by atoms with E-state index in [1.54, 1.807) is 0 Å². The van der Waals surface area contributed by atoms with Crippen LogP contribution >= 0.6 is 0 Å². The molecule has 0 aromatic carbocycles. The van der Waals surface area contributed by atoms with E-state index >= 15 is 0 Å². The van der Waals surface area contributed by atoms with Gasteiger partial charge in [0.1, 0.15) is 0 Å². The Morgan fingerprint density at radius 2 is 2.29 bits per heavy atom. The van der Waals surface area contributed by atoms with Crippen LogP contribution in [0.4, 0.5) is 0 Å². The van der Waals surface area contributed by atoms with Crippen molar-refractivity contribution in [3.8, 4) is 0 Å². The van der Waals surface area contributed by atoms with Gasteiger partial charge in [0.05, 0.1) is 0 Å². The molecule has 14 heavy (non-hydrogen) atoms. The minimum absolute atomic E-state index is 0.729. The van der Waals surface area contributed by atoms with E-state index in [1.807, 2.05) is 6.20 Å². The van der Waals surface area contributed by atoms with E-state index in [4.69, 9.17) is 0 Å². The van der Waals surface area contributed by atoms with Crippen LogP contribution in [0.1, 0.15) is 31.4 Å². The molecule has 2 N–H and O–H groups in total. The van der Waals surface area contributed by atoms with E-state index in [2.05, 4.69) is 22.4 Å². The van der Waals surface area contributed by atoms with Gasteiger partial charge in [-0.3, -0.25) is 0 Å². The van der Waals surface area contributed by atoms with Crippen LogP contribution in [0.2, 0.25) is 0 Å². The molecule has 3 rings (SSSR count). The Labute approximate surface area is 85.1 Å². The molecule has 2 aliphatic rings. The Bertz CT molecular complexity index is 294. The highest BCUT2D eigenvalue weighted by atomic mass is 14.9. The van der Waals surface area contributed by atoms with Gasteiger partial charge in [0.15, 0.2) is 0 Å². The van der Waals surface area contributed by atoms with Crippen molar-refractivity contribution in [2.24, 2.45) is 11.3 Å². The third kappa shape index (κ3) is 1.59. The van der Waals surface area contributed by atoms with Crippen molar-refractivity contribution < 1.29 is 0 Å². The van der Waals surface area contributed by atoms with Gasteiger partial charge in [-0.25, -0.2) is 0 Å². The quantitative estimate of drug-likeness (QED) is 0.732. The molecule has 2 aliphatic carbocycles. The van der Waals surface area contributed by atoms with E-state index in [9.17, 15) is 0 Å². The Kier molecular flexibility index (Phi) is 1.91. The first-order chi connectivity index (χ1) is 6.89. The zero-order valence-electron chi connectivity index (χ0n) is 8.55. The molecule has 2 fully saturated rings. The highest BCUT2D eigenvalue weighted by Crippen LogP contribution is 2.60. The molecule has 0 unspecified atom stereocenters. The molecule has 0 spiro atoms. The Morgan fingerprint density at radius 1 is 1.43 bits per heavy atom.